The van der Waals surface area contributed by atoms with Gasteiger partial charge in [-0.25, -0.2) is 0 Å². The molecular formula is C11H14F3NO. The Kier molecular flexibility index (Phi) is 3.60. The number of aliphatic hydroxyl groups excluding tert-OH is 1. The van der Waals surface area contributed by atoms with Crippen molar-refractivity contribution < 1.29 is 18.3 Å². The molecule has 0 radical (unpaired) electrons. The van der Waals surface area contributed by atoms with Crippen molar-refractivity contribution in [2.45, 2.75) is 32.2 Å². The second kappa shape index (κ2) is 4.43. The van der Waals surface area contributed by atoms with Crippen LogP contribution in [0, 0.1) is 6.92 Å². The Morgan fingerprint density at radius 2 is 1.88 bits per heavy atom. The summed E-state index contributed by atoms with van der Waals surface area (Å²) in [7, 11) is 0. The van der Waals surface area contributed by atoms with Crippen molar-refractivity contribution in [1.82, 2.24) is 0 Å². The zero-order valence-electron chi connectivity index (χ0n) is 9.05. The maximum Gasteiger partial charge on any atom is 0.416 e. The summed E-state index contributed by atoms with van der Waals surface area (Å²) in [6.45, 7) is 3.12. The monoisotopic (exact) mass is 233 g/mol. The van der Waals surface area contributed by atoms with Gasteiger partial charge >= 0.3 is 6.18 Å². The standard InChI is InChI=1S/C11H14F3NO/c1-6-5-8(11(12,13)14)3-4-9(6)10(16)7(2)15/h3-5,7,10,16H,15H2,1-2H3/t7-,10-/m1/s1. The Bertz CT molecular complexity index is 374. The molecule has 2 nitrogen and oxygen atoms in total. The van der Waals surface area contributed by atoms with Crippen LogP contribution in [0.3, 0.4) is 0 Å². The number of alkyl halides is 3. The molecule has 0 bridgehead atoms. The minimum Gasteiger partial charge on any atom is -0.387 e. The van der Waals surface area contributed by atoms with Gasteiger partial charge in [0.1, 0.15) is 0 Å². The summed E-state index contributed by atoms with van der Waals surface area (Å²) in [5, 5.41) is 9.67. The van der Waals surface area contributed by atoms with E-state index >= 15 is 0 Å². The average Bonchev–Trinajstić information content (AvgIpc) is 2.15. The molecule has 0 fully saturated rings. The normalized spacial score (nSPS) is 15.9. The number of hydrogen-bond acceptors (Lipinski definition) is 2. The van der Waals surface area contributed by atoms with Crippen LogP contribution in [0.15, 0.2) is 18.2 Å². The average molecular weight is 233 g/mol. The van der Waals surface area contributed by atoms with Crippen LogP contribution in [0.25, 0.3) is 0 Å². The van der Waals surface area contributed by atoms with Gasteiger partial charge in [0.15, 0.2) is 0 Å². The number of nitrogens with two attached hydrogens (primary N) is 1. The summed E-state index contributed by atoms with van der Waals surface area (Å²) < 4.78 is 37.1. The van der Waals surface area contributed by atoms with Gasteiger partial charge in [0.2, 0.25) is 0 Å². The molecule has 3 N–H and O–H groups in total. The molecule has 5 heteroatoms. The first kappa shape index (κ1) is 13.0. The van der Waals surface area contributed by atoms with E-state index in [1.165, 1.54) is 13.0 Å². The van der Waals surface area contributed by atoms with E-state index in [1.807, 2.05) is 0 Å². The molecule has 0 heterocycles. The molecule has 0 aliphatic rings. The number of aliphatic hydroxyl groups is 1. The lowest BCUT2D eigenvalue weighted by Gasteiger charge is -2.18. The molecule has 0 aliphatic carbocycles. The van der Waals surface area contributed by atoms with Crippen LogP contribution in [-0.4, -0.2) is 11.1 Å². The zero-order valence-corrected chi connectivity index (χ0v) is 9.05. The molecule has 0 unspecified atom stereocenters. The predicted octanol–water partition coefficient (Wildman–Crippen LogP) is 2.39. The fourth-order valence-electron chi connectivity index (χ4n) is 1.47. The first-order valence-electron chi connectivity index (χ1n) is 4.85. The molecule has 1 aromatic rings. The lowest BCUT2D eigenvalue weighted by Crippen LogP contribution is -2.25. The first-order valence-corrected chi connectivity index (χ1v) is 4.85. The summed E-state index contributed by atoms with van der Waals surface area (Å²) in [6, 6.07) is 2.72. The molecular weight excluding hydrogens is 219 g/mol. The van der Waals surface area contributed by atoms with E-state index in [-0.39, 0.29) is 0 Å². The van der Waals surface area contributed by atoms with Gasteiger partial charge in [-0.05, 0) is 37.1 Å². The second-order valence-corrected chi connectivity index (χ2v) is 3.87. The smallest absolute Gasteiger partial charge is 0.387 e. The summed E-state index contributed by atoms with van der Waals surface area (Å²) in [4.78, 5) is 0. The fourth-order valence-corrected chi connectivity index (χ4v) is 1.47. The number of hydrogen-bond donors (Lipinski definition) is 2. The van der Waals surface area contributed by atoms with Gasteiger partial charge in [-0.15, -0.1) is 0 Å². The van der Waals surface area contributed by atoms with Gasteiger partial charge in [-0.2, -0.15) is 13.2 Å². The van der Waals surface area contributed by atoms with E-state index in [0.717, 1.165) is 12.1 Å². The van der Waals surface area contributed by atoms with Crippen molar-refractivity contribution in [2.75, 3.05) is 0 Å². The van der Waals surface area contributed by atoms with Crippen LogP contribution in [-0.2, 0) is 6.18 Å². The van der Waals surface area contributed by atoms with Gasteiger partial charge in [0.25, 0.3) is 0 Å². The van der Waals surface area contributed by atoms with Crippen LogP contribution in [0.2, 0.25) is 0 Å². The lowest BCUT2D eigenvalue weighted by atomic mass is 9.97. The van der Waals surface area contributed by atoms with E-state index < -0.39 is 23.9 Å². The van der Waals surface area contributed by atoms with E-state index in [9.17, 15) is 18.3 Å². The summed E-state index contributed by atoms with van der Waals surface area (Å²) in [6.07, 6.45) is -5.30. The summed E-state index contributed by atoms with van der Waals surface area (Å²) in [5.74, 6) is 0. The molecule has 0 aromatic heterocycles. The highest BCUT2D eigenvalue weighted by atomic mass is 19.4. The largest absolute Gasteiger partial charge is 0.416 e. The Morgan fingerprint density at radius 1 is 1.31 bits per heavy atom. The van der Waals surface area contributed by atoms with E-state index in [2.05, 4.69) is 0 Å². The minimum atomic E-state index is -4.36. The van der Waals surface area contributed by atoms with Crippen molar-refractivity contribution in [2.24, 2.45) is 5.73 Å². The number of rotatable bonds is 2. The van der Waals surface area contributed by atoms with Crippen LogP contribution >= 0.6 is 0 Å². The molecule has 0 spiro atoms. The number of benzene rings is 1. The second-order valence-electron chi connectivity index (χ2n) is 3.87. The van der Waals surface area contributed by atoms with E-state index in [1.54, 1.807) is 6.92 Å². The first-order chi connectivity index (χ1) is 7.23. The summed E-state index contributed by atoms with van der Waals surface area (Å²) >= 11 is 0. The van der Waals surface area contributed by atoms with Gasteiger partial charge in [0, 0.05) is 6.04 Å². The van der Waals surface area contributed by atoms with E-state index in [0.29, 0.717) is 11.1 Å². The minimum absolute atomic E-state index is 0.389. The van der Waals surface area contributed by atoms with Crippen molar-refractivity contribution in [3.05, 3.63) is 34.9 Å². The van der Waals surface area contributed by atoms with Crippen molar-refractivity contribution in [3.63, 3.8) is 0 Å². The van der Waals surface area contributed by atoms with Gasteiger partial charge in [0.05, 0.1) is 11.7 Å². The molecule has 1 rings (SSSR count). The fraction of sp³-hybridized carbons (Fsp3) is 0.455. The molecule has 1 aromatic carbocycles. The molecule has 0 saturated carbocycles. The Morgan fingerprint density at radius 3 is 2.25 bits per heavy atom. The van der Waals surface area contributed by atoms with Gasteiger partial charge in [-0.1, -0.05) is 6.07 Å². The molecule has 16 heavy (non-hydrogen) atoms. The molecule has 0 saturated heterocycles. The zero-order chi connectivity index (χ0) is 12.5. The third-order valence-electron chi connectivity index (χ3n) is 2.41. The third-order valence-corrected chi connectivity index (χ3v) is 2.41. The highest BCUT2D eigenvalue weighted by Gasteiger charge is 2.31. The number of halogens is 3. The summed E-state index contributed by atoms with van der Waals surface area (Å²) in [5.41, 5.74) is 5.59. The Labute approximate surface area is 91.9 Å². The molecule has 2 atom stereocenters. The van der Waals surface area contributed by atoms with Gasteiger partial charge in [-0.3, -0.25) is 0 Å². The quantitative estimate of drug-likeness (QED) is 0.823. The van der Waals surface area contributed by atoms with Crippen molar-refractivity contribution in [3.8, 4) is 0 Å². The van der Waals surface area contributed by atoms with Crippen LogP contribution < -0.4 is 5.73 Å². The Hall–Kier alpha value is -1.07. The van der Waals surface area contributed by atoms with Crippen molar-refractivity contribution >= 4 is 0 Å². The van der Waals surface area contributed by atoms with Crippen molar-refractivity contribution in [1.29, 1.82) is 0 Å². The Balaban J connectivity index is 3.10. The highest BCUT2D eigenvalue weighted by molar-refractivity contribution is 5.34. The maximum atomic E-state index is 12.4. The van der Waals surface area contributed by atoms with Crippen LogP contribution in [0.4, 0.5) is 13.2 Å². The lowest BCUT2D eigenvalue weighted by molar-refractivity contribution is -0.137. The van der Waals surface area contributed by atoms with Crippen LogP contribution in [0.1, 0.15) is 29.7 Å². The van der Waals surface area contributed by atoms with Gasteiger partial charge < -0.3 is 10.8 Å². The van der Waals surface area contributed by atoms with E-state index in [4.69, 9.17) is 5.73 Å². The topological polar surface area (TPSA) is 46.2 Å². The van der Waals surface area contributed by atoms with Crippen LogP contribution in [0.5, 0.6) is 0 Å². The third kappa shape index (κ3) is 2.74. The molecule has 90 valence electrons. The SMILES string of the molecule is Cc1cc(C(F)(F)F)ccc1[C@H](O)[C@@H](C)N. The predicted molar refractivity (Wildman–Crippen MR) is 54.8 cm³/mol. The highest BCUT2D eigenvalue weighted by Crippen LogP contribution is 2.31. The number of aryl methyl sites for hydroxylation is 1. The molecule has 0 aliphatic heterocycles. The maximum absolute atomic E-state index is 12.4. The molecule has 0 amide bonds.